The van der Waals surface area contributed by atoms with Gasteiger partial charge in [0.25, 0.3) is 0 Å². The minimum absolute atomic E-state index is 1.06. The summed E-state index contributed by atoms with van der Waals surface area (Å²) in [6, 6.07) is 8.97. The fourth-order valence-electron chi connectivity index (χ4n) is 1.79. The van der Waals surface area contributed by atoms with E-state index < -0.39 is 0 Å². The zero-order valence-electron chi connectivity index (χ0n) is 10.6. The van der Waals surface area contributed by atoms with Crippen LogP contribution < -0.4 is 0 Å². The van der Waals surface area contributed by atoms with Crippen LogP contribution in [0.3, 0.4) is 0 Å². The molecule has 1 nitrogen and oxygen atoms in total. The molecule has 0 aromatic heterocycles. The van der Waals surface area contributed by atoms with Crippen LogP contribution in [0.4, 0.5) is 0 Å². The molecule has 16 heavy (non-hydrogen) atoms. The Morgan fingerprint density at radius 1 is 1.06 bits per heavy atom. The highest BCUT2D eigenvalue weighted by Gasteiger charge is 2.00. The lowest BCUT2D eigenvalue weighted by atomic mass is 10.1. The summed E-state index contributed by atoms with van der Waals surface area (Å²) >= 11 is 0. The summed E-state index contributed by atoms with van der Waals surface area (Å²) in [6.07, 6.45) is 4.15. The van der Waals surface area contributed by atoms with E-state index in [1.807, 2.05) is 6.08 Å². The lowest BCUT2D eigenvalue weighted by molar-refractivity contribution is 0.296. The van der Waals surface area contributed by atoms with E-state index in [-0.39, 0.29) is 0 Å². The molecule has 1 aromatic carbocycles. The maximum atomic E-state index is 3.75. The van der Waals surface area contributed by atoms with Crippen molar-refractivity contribution in [3.05, 3.63) is 48.0 Å². The van der Waals surface area contributed by atoms with E-state index in [2.05, 4.69) is 49.6 Å². The molecule has 0 N–H and O–H groups in total. The van der Waals surface area contributed by atoms with Gasteiger partial charge in [-0.1, -0.05) is 44.2 Å². The quantitative estimate of drug-likeness (QED) is 0.630. The van der Waals surface area contributed by atoms with Crippen molar-refractivity contribution in [3.8, 4) is 0 Å². The van der Waals surface area contributed by atoms with Crippen molar-refractivity contribution in [2.24, 2.45) is 0 Å². The van der Waals surface area contributed by atoms with Gasteiger partial charge in [0, 0.05) is 6.54 Å². The SMILES string of the molecule is C=CCCc1ccc(CN(CC)CC)cc1. The largest absolute Gasteiger partial charge is 0.300 e. The predicted octanol–water partition coefficient (Wildman–Crippen LogP) is 3.65. The lowest BCUT2D eigenvalue weighted by Crippen LogP contribution is -2.21. The second kappa shape index (κ2) is 7.24. The van der Waals surface area contributed by atoms with Crippen molar-refractivity contribution in [3.63, 3.8) is 0 Å². The van der Waals surface area contributed by atoms with Crippen LogP contribution in [0.5, 0.6) is 0 Å². The molecule has 0 aliphatic carbocycles. The fourth-order valence-corrected chi connectivity index (χ4v) is 1.79. The summed E-state index contributed by atoms with van der Waals surface area (Å²) in [4.78, 5) is 2.43. The molecule has 0 amide bonds. The third-order valence-electron chi connectivity index (χ3n) is 2.96. The molecule has 0 aliphatic rings. The van der Waals surface area contributed by atoms with Crippen molar-refractivity contribution in [1.82, 2.24) is 4.90 Å². The molecule has 0 heterocycles. The number of benzene rings is 1. The lowest BCUT2D eigenvalue weighted by Gasteiger charge is -2.18. The molecule has 1 rings (SSSR count). The summed E-state index contributed by atoms with van der Waals surface area (Å²) in [6.45, 7) is 11.5. The van der Waals surface area contributed by atoms with Gasteiger partial charge in [-0.05, 0) is 37.1 Å². The van der Waals surface area contributed by atoms with Gasteiger partial charge >= 0.3 is 0 Å². The Bertz CT molecular complexity index is 296. The third kappa shape index (κ3) is 4.19. The highest BCUT2D eigenvalue weighted by molar-refractivity contribution is 5.22. The van der Waals surface area contributed by atoms with Gasteiger partial charge in [0.15, 0.2) is 0 Å². The van der Waals surface area contributed by atoms with Crippen molar-refractivity contribution in [2.75, 3.05) is 13.1 Å². The van der Waals surface area contributed by atoms with Crippen LogP contribution in [-0.4, -0.2) is 18.0 Å². The number of hydrogen-bond donors (Lipinski definition) is 0. The number of nitrogens with zero attached hydrogens (tertiary/aromatic N) is 1. The van der Waals surface area contributed by atoms with Gasteiger partial charge in [0.1, 0.15) is 0 Å². The fraction of sp³-hybridized carbons (Fsp3) is 0.467. The molecule has 0 spiro atoms. The van der Waals surface area contributed by atoms with Crippen LogP contribution in [0, 0.1) is 0 Å². The van der Waals surface area contributed by atoms with Crippen molar-refractivity contribution < 1.29 is 0 Å². The average Bonchev–Trinajstić information content (AvgIpc) is 2.35. The van der Waals surface area contributed by atoms with E-state index in [1.165, 1.54) is 11.1 Å². The molecule has 0 saturated heterocycles. The zero-order chi connectivity index (χ0) is 11.8. The first-order valence-electron chi connectivity index (χ1n) is 6.21. The molecule has 88 valence electrons. The molecule has 0 saturated carbocycles. The van der Waals surface area contributed by atoms with Crippen LogP contribution in [0.2, 0.25) is 0 Å². The minimum Gasteiger partial charge on any atom is -0.300 e. The molecule has 0 unspecified atom stereocenters. The molecule has 1 aromatic rings. The summed E-state index contributed by atoms with van der Waals surface area (Å²) in [5.74, 6) is 0. The Morgan fingerprint density at radius 2 is 1.62 bits per heavy atom. The number of rotatable bonds is 7. The second-order valence-corrected chi connectivity index (χ2v) is 4.11. The standard InChI is InChI=1S/C15H23N/c1-4-7-8-14-9-11-15(12-10-14)13-16(5-2)6-3/h4,9-12H,1,5-8,13H2,2-3H3. The molecule has 0 aliphatic heterocycles. The Labute approximate surface area is 99.8 Å². The number of allylic oxidation sites excluding steroid dienone is 1. The van der Waals surface area contributed by atoms with Gasteiger partial charge in [-0.15, -0.1) is 6.58 Å². The van der Waals surface area contributed by atoms with Gasteiger partial charge in [0.2, 0.25) is 0 Å². The maximum Gasteiger partial charge on any atom is 0.0233 e. The Balaban J connectivity index is 2.53. The van der Waals surface area contributed by atoms with E-state index >= 15 is 0 Å². The first-order chi connectivity index (χ1) is 7.80. The Hall–Kier alpha value is -1.08. The second-order valence-electron chi connectivity index (χ2n) is 4.11. The van der Waals surface area contributed by atoms with Gasteiger partial charge in [-0.3, -0.25) is 4.90 Å². The van der Waals surface area contributed by atoms with Gasteiger partial charge in [-0.25, -0.2) is 0 Å². The van der Waals surface area contributed by atoms with E-state index in [0.29, 0.717) is 0 Å². The van der Waals surface area contributed by atoms with Crippen molar-refractivity contribution in [1.29, 1.82) is 0 Å². The summed E-state index contributed by atoms with van der Waals surface area (Å²) < 4.78 is 0. The molecular weight excluding hydrogens is 194 g/mol. The molecule has 0 bridgehead atoms. The van der Waals surface area contributed by atoms with Crippen molar-refractivity contribution in [2.45, 2.75) is 33.2 Å². The Morgan fingerprint density at radius 3 is 2.12 bits per heavy atom. The van der Waals surface area contributed by atoms with Crippen LogP contribution in [0.1, 0.15) is 31.4 Å². The topological polar surface area (TPSA) is 3.24 Å². The van der Waals surface area contributed by atoms with Gasteiger partial charge in [0.05, 0.1) is 0 Å². The monoisotopic (exact) mass is 217 g/mol. The minimum atomic E-state index is 1.06. The highest BCUT2D eigenvalue weighted by atomic mass is 15.1. The molecule has 0 atom stereocenters. The van der Waals surface area contributed by atoms with Crippen LogP contribution in [0.25, 0.3) is 0 Å². The maximum absolute atomic E-state index is 3.75. The van der Waals surface area contributed by atoms with Crippen LogP contribution in [0.15, 0.2) is 36.9 Å². The third-order valence-corrected chi connectivity index (χ3v) is 2.96. The first kappa shape index (κ1) is 13.0. The predicted molar refractivity (Wildman–Crippen MR) is 71.6 cm³/mol. The van der Waals surface area contributed by atoms with E-state index in [1.54, 1.807) is 0 Å². The van der Waals surface area contributed by atoms with E-state index in [0.717, 1.165) is 32.5 Å². The van der Waals surface area contributed by atoms with Crippen LogP contribution in [-0.2, 0) is 13.0 Å². The summed E-state index contributed by atoms with van der Waals surface area (Å²) in [5.41, 5.74) is 2.81. The van der Waals surface area contributed by atoms with Crippen LogP contribution >= 0.6 is 0 Å². The smallest absolute Gasteiger partial charge is 0.0233 e. The molecule has 0 fully saturated rings. The van der Waals surface area contributed by atoms with E-state index in [9.17, 15) is 0 Å². The highest BCUT2D eigenvalue weighted by Crippen LogP contribution is 2.09. The van der Waals surface area contributed by atoms with Gasteiger partial charge in [-0.2, -0.15) is 0 Å². The normalized spacial score (nSPS) is 10.7. The number of hydrogen-bond acceptors (Lipinski definition) is 1. The molecule has 1 heteroatoms. The Kier molecular flexibility index (Phi) is 5.87. The van der Waals surface area contributed by atoms with Gasteiger partial charge < -0.3 is 0 Å². The zero-order valence-corrected chi connectivity index (χ0v) is 10.6. The molecular formula is C15H23N. The molecule has 0 radical (unpaired) electrons. The van der Waals surface area contributed by atoms with Crippen molar-refractivity contribution >= 4 is 0 Å². The summed E-state index contributed by atoms with van der Waals surface area (Å²) in [5, 5.41) is 0. The number of aryl methyl sites for hydroxylation is 1. The average molecular weight is 217 g/mol. The summed E-state index contributed by atoms with van der Waals surface area (Å²) in [7, 11) is 0. The first-order valence-corrected chi connectivity index (χ1v) is 6.21. The van der Waals surface area contributed by atoms with E-state index in [4.69, 9.17) is 0 Å².